The molecule has 0 saturated heterocycles. The zero-order valence-electron chi connectivity index (χ0n) is 10.9. The van der Waals surface area contributed by atoms with E-state index in [9.17, 15) is 4.79 Å². The molecule has 0 aliphatic carbocycles. The number of imidazole rings is 1. The summed E-state index contributed by atoms with van der Waals surface area (Å²) in [4.78, 5) is 18.0. The van der Waals surface area contributed by atoms with Crippen LogP contribution in [0.25, 0.3) is 11.4 Å². The lowest BCUT2D eigenvalue weighted by atomic mass is 10.2. The second-order valence-corrected chi connectivity index (χ2v) is 4.24. The first-order valence-corrected chi connectivity index (χ1v) is 6.15. The number of carboxylic acid groups (broad SMARTS) is 1. The fourth-order valence-corrected chi connectivity index (χ4v) is 1.76. The Hall–Kier alpha value is -2.30. The molecule has 0 spiro atoms. The number of hydrogen-bond donors (Lipinski definition) is 2. The van der Waals surface area contributed by atoms with E-state index in [-0.39, 0.29) is 5.69 Å². The molecule has 100 valence electrons. The molecule has 0 unspecified atom stereocenters. The van der Waals surface area contributed by atoms with Crippen LogP contribution in [0.15, 0.2) is 24.3 Å². The van der Waals surface area contributed by atoms with Gasteiger partial charge < -0.3 is 14.8 Å². The van der Waals surface area contributed by atoms with E-state index in [1.165, 1.54) is 0 Å². The predicted octanol–water partition coefficient (Wildman–Crippen LogP) is 2.87. The fourth-order valence-electron chi connectivity index (χ4n) is 1.76. The average molecular weight is 260 g/mol. The number of ether oxygens (including phenoxy) is 1. The van der Waals surface area contributed by atoms with Crippen molar-refractivity contribution in [1.29, 1.82) is 0 Å². The van der Waals surface area contributed by atoms with Crippen LogP contribution in [0.1, 0.15) is 29.5 Å². The molecule has 1 heterocycles. The van der Waals surface area contributed by atoms with Crippen molar-refractivity contribution in [2.24, 2.45) is 0 Å². The fraction of sp³-hybridized carbons (Fsp3) is 0.286. The van der Waals surface area contributed by atoms with Gasteiger partial charge in [-0.2, -0.15) is 0 Å². The highest BCUT2D eigenvalue weighted by Gasteiger charge is 2.14. The van der Waals surface area contributed by atoms with Crippen LogP contribution in [0.4, 0.5) is 0 Å². The van der Waals surface area contributed by atoms with Crippen LogP contribution >= 0.6 is 0 Å². The number of carboxylic acids is 1. The van der Waals surface area contributed by atoms with Crippen molar-refractivity contribution in [3.63, 3.8) is 0 Å². The minimum atomic E-state index is -1.03. The normalized spacial score (nSPS) is 10.4. The smallest absolute Gasteiger partial charge is 0.356 e. The third-order valence-electron chi connectivity index (χ3n) is 2.67. The molecule has 0 amide bonds. The van der Waals surface area contributed by atoms with Crippen molar-refractivity contribution in [3.8, 4) is 17.1 Å². The number of hydrogen-bond acceptors (Lipinski definition) is 3. The Morgan fingerprint density at radius 3 is 2.89 bits per heavy atom. The van der Waals surface area contributed by atoms with Crippen LogP contribution in [0.2, 0.25) is 0 Å². The van der Waals surface area contributed by atoms with Gasteiger partial charge in [0.05, 0.1) is 6.61 Å². The number of aromatic nitrogens is 2. The van der Waals surface area contributed by atoms with Crippen molar-refractivity contribution < 1.29 is 14.6 Å². The van der Waals surface area contributed by atoms with Gasteiger partial charge in [0.2, 0.25) is 0 Å². The van der Waals surface area contributed by atoms with E-state index in [1.807, 2.05) is 31.2 Å². The number of nitrogens with zero attached hydrogens (tertiary/aromatic N) is 1. The monoisotopic (exact) mass is 260 g/mol. The molecule has 0 aliphatic rings. The Bertz CT molecular complexity index is 590. The maximum atomic E-state index is 11.0. The van der Waals surface area contributed by atoms with Crippen LogP contribution in [-0.4, -0.2) is 27.7 Å². The highest BCUT2D eigenvalue weighted by atomic mass is 16.5. The molecule has 2 N–H and O–H groups in total. The number of aryl methyl sites for hydroxylation is 1. The van der Waals surface area contributed by atoms with Crippen LogP contribution in [0, 0.1) is 6.92 Å². The summed E-state index contributed by atoms with van der Waals surface area (Å²) in [6, 6.07) is 7.44. The Labute approximate surface area is 111 Å². The molecule has 2 aromatic rings. The van der Waals surface area contributed by atoms with Crippen molar-refractivity contribution in [2.45, 2.75) is 20.3 Å². The van der Waals surface area contributed by atoms with Gasteiger partial charge in [0.15, 0.2) is 5.69 Å². The van der Waals surface area contributed by atoms with Gasteiger partial charge >= 0.3 is 5.97 Å². The lowest BCUT2D eigenvalue weighted by Gasteiger charge is -2.05. The van der Waals surface area contributed by atoms with Gasteiger partial charge in [-0.15, -0.1) is 0 Å². The van der Waals surface area contributed by atoms with Gasteiger partial charge in [-0.25, -0.2) is 9.78 Å². The lowest BCUT2D eigenvalue weighted by molar-refractivity contribution is 0.0690. The Morgan fingerprint density at radius 1 is 1.47 bits per heavy atom. The SMILES string of the molecule is CCCOc1cccc(-c2nc(C(=O)O)c(C)[nH]2)c1. The molecular weight excluding hydrogens is 244 g/mol. The summed E-state index contributed by atoms with van der Waals surface area (Å²) in [5.41, 5.74) is 1.40. The number of nitrogens with one attached hydrogen (secondary N) is 1. The van der Waals surface area contributed by atoms with Gasteiger partial charge in [0.25, 0.3) is 0 Å². The van der Waals surface area contributed by atoms with E-state index in [4.69, 9.17) is 9.84 Å². The Kier molecular flexibility index (Phi) is 3.85. The zero-order valence-corrected chi connectivity index (χ0v) is 10.9. The lowest BCUT2D eigenvalue weighted by Crippen LogP contribution is -1.98. The summed E-state index contributed by atoms with van der Waals surface area (Å²) < 4.78 is 5.54. The highest BCUT2D eigenvalue weighted by molar-refractivity contribution is 5.87. The summed E-state index contributed by atoms with van der Waals surface area (Å²) in [5.74, 6) is 0.264. The second kappa shape index (κ2) is 5.56. The predicted molar refractivity (Wildman–Crippen MR) is 71.5 cm³/mol. The maximum Gasteiger partial charge on any atom is 0.356 e. The summed E-state index contributed by atoms with van der Waals surface area (Å²) in [5, 5.41) is 8.99. The van der Waals surface area contributed by atoms with Crippen molar-refractivity contribution in [3.05, 3.63) is 35.7 Å². The third kappa shape index (κ3) is 2.93. The summed E-state index contributed by atoms with van der Waals surface area (Å²) >= 11 is 0. The van der Waals surface area contributed by atoms with E-state index < -0.39 is 5.97 Å². The number of benzene rings is 1. The highest BCUT2D eigenvalue weighted by Crippen LogP contribution is 2.22. The summed E-state index contributed by atoms with van der Waals surface area (Å²) in [7, 11) is 0. The Balaban J connectivity index is 2.31. The van der Waals surface area contributed by atoms with Gasteiger partial charge in [0.1, 0.15) is 11.6 Å². The largest absolute Gasteiger partial charge is 0.494 e. The van der Waals surface area contributed by atoms with E-state index in [0.29, 0.717) is 18.1 Å². The van der Waals surface area contributed by atoms with Gasteiger partial charge in [0, 0.05) is 11.3 Å². The Morgan fingerprint density at radius 2 is 2.26 bits per heavy atom. The van der Waals surface area contributed by atoms with Gasteiger partial charge in [-0.05, 0) is 25.5 Å². The van der Waals surface area contributed by atoms with Crippen LogP contribution < -0.4 is 4.74 Å². The number of aromatic carboxylic acids is 1. The van der Waals surface area contributed by atoms with Crippen LogP contribution in [0.5, 0.6) is 5.75 Å². The molecule has 1 aromatic heterocycles. The number of H-pyrrole nitrogens is 1. The molecule has 0 atom stereocenters. The standard InChI is InChI=1S/C14H16N2O3/c1-3-7-19-11-6-4-5-10(8-11)13-15-9(2)12(16-13)14(17)18/h4-6,8H,3,7H2,1-2H3,(H,15,16)(H,17,18). The van der Waals surface area contributed by atoms with E-state index in [2.05, 4.69) is 9.97 Å². The molecule has 0 fully saturated rings. The molecule has 1 aromatic carbocycles. The number of carbonyl (C=O) groups is 1. The second-order valence-electron chi connectivity index (χ2n) is 4.24. The molecule has 2 rings (SSSR count). The molecule has 0 radical (unpaired) electrons. The number of aromatic amines is 1. The quantitative estimate of drug-likeness (QED) is 0.866. The molecule has 0 aliphatic heterocycles. The van der Waals surface area contributed by atoms with Gasteiger partial charge in [-0.3, -0.25) is 0 Å². The van der Waals surface area contributed by atoms with Crippen molar-refractivity contribution in [2.75, 3.05) is 6.61 Å². The van der Waals surface area contributed by atoms with E-state index in [0.717, 1.165) is 17.7 Å². The summed E-state index contributed by atoms with van der Waals surface area (Å²) in [6.07, 6.45) is 0.938. The first kappa shape index (κ1) is 13.1. The molecule has 5 nitrogen and oxygen atoms in total. The topological polar surface area (TPSA) is 75.2 Å². The molecule has 5 heteroatoms. The average Bonchev–Trinajstić information content (AvgIpc) is 2.79. The minimum absolute atomic E-state index is 0.0508. The first-order chi connectivity index (χ1) is 9.11. The molecular formula is C14H16N2O3. The molecule has 19 heavy (non-hydrogen) atoms. The maximum absolute atomic E-state index is 11.0. The van der Waals surface area contributed by atoms with Crippen molar-refractivity contribution >= 4 is 5.97 Å². The third-order valence-corrected chi connectivity index (χ3v) is 2.67. The molecule has 0 bridgehead atoms. The molecule has 0 saturated carbocycles. The van der Waals surface area contributed by atoms with Crippen LogP contribution in [-0.2, 0) is 0 Å². The van der Waals surface area contributed by atoms with Crippen LogP contribution in [0.3, 0.4) is 0 Å². The zero-order chi connectivity index (χ0) is 13.8. The minimum Gasteiger partial charge on any atom is -0.494 e. The van der Waals surface area contributed by atoms with Gasteiger partial charge in [-0.1, -0.05) is 19.1 Å². The first-order valence-electron chi connectivity index (χ1n) is 6.15. The number of rotatable bonds is 5. The van der Waals surface area contributed by atoms with Crippen molar-refractivity contribution in [1.82, 2.24) is 9.97 Å². The van der Waals surface area contributed by atoms with E-state index >= 15 is 0 Å². The van der Waals surface area contributed by atoms with E-state index in [1.54, 1.807) is 6.92 Å². The summed E-state index contributed by atoms with van der Waals surface area (Å²) in [6.45, 7) is 4.39.